The van der Waals surface area contributed by atoms with Gasteiger partial charge in [0.25, 0.3) is 0 Å². The van der Waals surface area contributed by atoms with Crippen LogP contribution in [-0.2, 0) is 11.2 Å². The Kier molecular flexibility index (Phi) is 6.25. The van der Waals surface area contributed by atoms with Crippen molar-refractivity contribution in [2.45, 2.75) is 20.3 Å². The van der Waals surface area contributed by atoms with Gasteiger partial charge in [-0.25, -0.2) is 18.6 Å². The molecule has 1 aromatic carbocycles. The summed E-state index contributed by atoms with van der Waals surface area (Å²) in [6, 6.07) is 3.18. The van der Waals surface area contributed by atoms with Crippen LogP contribution in [0, 0.1) is 24.5 Å². The third-order valence-electron chi connectivity index (χ3n) is 3.82. The lowest BCUT2D eigenvalue weighted by molar-refractivity contribution is -0.141. The van der Waals surface area contributed by atoms with Crippen LogP contribution in [0.2, 0.25) is 0 Å². The predicted molar refractivity (Wildman–Crippen MR) is 94.5 cm³/mol. The lowest BCUT2D eigenvalue weighted by Crippen LogP contribution is -2.36. The average molecular weight is 383 g/mol. The lowest BCUT2D eigenvalue weighted by Gasteiger charge is -2.19. The number of carbonyl (C=O) groups excluding carboxylic acids is 1. The van der Waals surface area contributed by atoms with E-state index in [0.29, 0.717) is 10.6 Å². The number of thiazole rings is 1. The second-order valence-corrected chi connectivity index (χ2v) is 7.04. The second-order valence-electron chi connectivity index (χ2n) is 5.95. The molecule has 0 fully saturated rings. The van der Waals surface area contributed by atoms with Crippen LogP contribution in [0.25, 0.3) is 0 Å². The fourth-order valence-electron chi connectivity index (χ4n) is 2.27. The van der Waals surface area contributed by atoms with Crippen molar-refractivity contribution in [2.24, 2.45) is 5.92 Å². The summed E-state index contributed by atoms with van der Waals surface area (Å²) in [7, 11) is 1.48. The summed E-state index contributed by atoms with van der Waals surface area (Å²) in [5, 5.41) is 11.8. The number of hydrogen-bond donors (Lipinski definition) is 2. The largest absolute Gasteiger partial charge is 0.481 e. The minimum Gasteiger partial charge on any atom is -0.481 e. The molecule has 0 aliphatic heterocycles. The first-order valence-corrected chi connectivity index (χ1v) is 8.64. The van der Waals surface area contributed by atoms with Crippen LogP contribution in [-0.4, -0.2) is 40.6 Å². The predicted octanol–water partition coefficient (Wildman–Crippen LogP) is 3.50. The quantitative estimate of drug-likeness (QED) is 0.800. The fraction of sp³-hybridized carbons (Fsp3) is 0.353. The molecule has 0 bridgehead atoms. The fourth-order valence-corrected chi connectivity index (χ4v) is 3.23. The molecular weight excluding hydrogens is 364 g/mol. The number of anilines is 1. The van der Waals surface area contributed by atoms with Gasteiger partial charge in [0, 0.05) is 30.5 Å². The summed E-state index contributed by atoms with van der Waals surface area (Å²) < 4.78 is 27.6. The molecule has 1 atom stereocenters. The lowest BCUT2D eigenvalue weighted by atomic mass is 10.1. The number of carboxylic acids is 1. The van der Waals surface area contributed by atoms with Crippen molar-refractivity contribution in [1.29, 1.82) is 0 Å². The molecule has 0 radical (unpaired) electrons. The zero-order valence-electron chi connectivity index (χ0n) is 14.5. The summed E-state index contributed by atoms with van der Waals surface area (Å²) in [6.45, 7) is 3.23. The van der Waals surface area contributed by atoms with Crippen molar-refractivity contribution in [2.75, 3.05) is 18.9 Å². The monoisotopic (exact) mass is 383 g/mol. The van der Waals surface area contributed by atoms with Gasteiger partial charge < -0.3 is 10.0 Å². The molecule has 2 aromatic rings. The Morgan fingerprint density at radius 3 is 2.54 bits per heavy atom. The van der Waals surface area contributed by atoms with Crippen molar-refractivity contribution in [1.82, 2.24) is 9.88 Å². The Morgan fingerprint density at radius 2 is 1.96 bits per heavy atom. The Bertz CT molecular complexity index is 805. The number of amides is 2. The smallest absolute Gasteiger partial charge is 0.323 e. The maximum Gasteiger partial charge on any atom is 0.323 e. The molecule has 6 nitrogen and oxygen atoms in total. The molecule has 1 unspecified atom stereocenters. The van der Waals surface area contributed by atoms with Gasteiger partial charge in [-0.05, 0) is 19.1 Å². The van der Waals surface area contributed by atoms with E-state index in [1.165, 1.54) is 37.1 Å². The number of nitrogens with zero attached hydrogens (tertiary/aromatic N) is 2. The van der Waals surface area contributed by atoms with Crippen molar-refractivity contribution in [3.8, 4) is 0 Å². The Hall–Kier alpha value is -2.55. The highest BCUT2D eigenvalue weighted by atomic mass is 32.1. The molecule has 2 N–H and O–H groups in total. The van der Waals surface area contributed by atoms with E-state index in [2.05, 4.69) is 10.3 Å². The standard InChI is InChI=1S/C17H19F2N3O3S/c1-9(15(23)24)8-22(3)17(25)21-16-20-10(2)14(26-16)7-11-12(18)5-4-6-13(11)19/h4-6,9H,7-8H2,1-3H3,(H,23,24)(H,20,21,25). The van der Waals surface area contributed by atoms with E-state index in [0.717, 1.165) is 11.3 Å². The third-order valence-corrected chi connectivity index (χ3v) is 4.89. The number of rotatable bonds is 6. The van der Waals surface area contributed by atoms with Crippen LogP contribution in [0.3, 0.4) is 0 Å². The van der Waals surface area contributed by atoms with Crippen molar-refractivity contribution >= 4 is 28.5 Å². The number of urea groups is 1. The number of halogens is 2. The summed E-state index contributed by atoms with van der Waals surface area (Å²) in [4.78, 5) is 29.1. The van der Waals surface area contributed by atoms with Crippen LogP contribution in [0.5, 0.6) is 0 Å². The molecule has 2 amide bonds. The number of carbonyl (C=O) groups is 2. The Labute approximate surface area is 153 Å². The third kappa shape index (κ3) is 4.75. The highest BCUT2D eigenvalue weighted by molar-refractivity contribution is 7.15. The number of benzene rings is 1. The first-order valence-electron chi connectivity index (χ1n) is 7.83. The SMILES string of the molecule is Cc1nc(NC(=O)N(C)CC(C)C(=O)O)sc1Cc1c(F)cccc1F. The minimum atomic E-state index is -0.996. The summed E-state index contributed by atoms with van der Waals surface area (Å²) in [6.07, 6.45) is 0.0315. The molecule has 0 saturated carbocycles. The van der Waals surface area contributed by atoms with Crippen molar-refractivity contribution in [3.05, 3.63) is 46.0 Å². The van der Waals surface area contributed by atoms with Gasteiger partial charge in [-0.1, -0.05) is 13.0 Å². The first kappa shape index (κ1) is 19.8. The molecule has 0 saturated heterocycles. The molecule has 2 rings (SSSR count). The van der Waals surface area contributed by atoms with Gasteiger partial charge in [-0.3, -0.25) is 10.1 Å². The average Bonchev–Trinajstić information content (AvgIpc) is 2.90. The van der Waals surface area contributed by atoms with E-state index in [1.54, 1.807) is 6.92 Å². The molecule has 0 spiro atoms. The Balaban J connectivity index is 2.08. The number of aliphatic carboxylic acids is 1. The molecular formula is C17H19F2N3O3S. The Morgan fingerprint density at radius 1 is 1.35 bits per heavy atom. The van der Waals surface area contributed by atoms with E-state index in [9.17, 15) is 18.4 Å². The summed E-state index contributed by atoms with van der Waals surface area (Å²) in [5.74, 6) is -2.97. The number of hydrogen-bond acceptors (Lipinski definition) is 4. The van der Waals surface area contributed by atoms with E-state index in [-0.39, 0.29) is 23.7 Å². The number of aryl methyl sites for hydroxylation is 1. The topological polar surface area (TPSA) is 82.5 Å². The normalized spacial score (nSPS) is 11.9. The van der Waals surface area contributed by atoms with Gasteiger partial charge >= 0.3 is 12.0 Å². The minimum absolute atomic E-state index is 0.0315. The summed E-state index contributed by atoms with van der Waals surface area (Å²) >= 11 is 1.12. The number of nitrogens with one attached hydrogen (secondary N) is 1. The van der Waals surface area contributed by atoms with E-state index < -0.39 is 29.6 Å². The maximum atomic E-state index is 13.8. The zero-order chi connectivity index (χ0) is 19.4. The van der Waals surface area contributed by atoms with Gasteiger partial charge in [-0.2, -0.15) is 0 Å². The zero-order valence-corrected chi connectivity index (χ0v) is 15.4. The molecule has 26 heavy (non-hydrogen) atoms. The molecule has 1 aromatic heterocycles. The van der Waals surface area contributed by atoms with Crippen LogP contribution in [0.1, 0.15) is 23.1 Å². The van der Waals surface area contributed by atoms with Crippen LogP contribution < -0.4 is 5.32 Å². The van der Waals surface area contributed by atoms with Gasteiger partial charge in [-0.15, -0.1) is 11.3 Å². The van der Waals surface area contributed by atoms with Crippen molar-refractivity contribution < 1.29 is 23.5 Å². The van der Waals surface area contributed by atoms with E-state index in [4.69, 9.17) is 5.11 Å². The number of aromatic nitrogens is 1. The van der Waals surface area contributed by atoms with Gasteiger partial charge in [0.15, 0.2) is 5.13 Å². The number of carboxylic acid groups (broad SMARTS) is 1. The highest BCUT2D eigenvalue weighted by Crippen LogP contribution is 2.27. The van der Waals surface area contributed by atoms with Crippen LogP contribution in [0.4, 0.5) is 18.7 Å². The van der Waals surface area contributed by atoms with Gasteiger partial charge in [0.2, 0.25) is 0 Å². The van der Waals surface area contributed by atoms with E-state index >= 15 is 0 Å². The van der Waals surface area contributed by atoms with Crippen LogP contribution in [0.15, 0.2) is 18.2 Å². The van der Waals surface area contributed by atoms with Crippen LogP contribution >= 0.6 is 11.3 Å². The van der Waals surface area contributed by atoms with Gasteiger partial charge in [0.05, 0.1) is 11.6 Å². The maximum absolute atomic E-state index is 13.8. The molecule has 9 heteroatoms. The molecule has 140 valence electrons. The molecule has 1 heterocycles. The van der Waals surface area contributed by atoms with Gasteiger partial charge in [0.1, 0.15) is 11.6 Å². The first-order chi connectivity index (χ1) is 12.2. The molecule has 0 aliphatic rings. The second kappa shape index (κ2) is 8.22. The molecule has 0 aliphatic carbocycles. The van der Waals surface area contributed by atoms with E-state index in [1.807, 2.05) is 0 Å². The summed E-state index contributed by atoms with van der Waals surface area (Å²) in [5.41, 5.74) is 0.513. The highest BCUT2D eigenvalue weighted by Gasteiger charge is 2.19. The van der Waals surface area contributed by atoms with Crippen molar-refractivity contribution in [3.63, 3.8) is 0 Å².